The molecule has 1 aliphatic heterocycles. The predicted octanol–water partition coefficient (Wildman–Crippen LogP) is 4.66. The van der Waals surface area contributed by atoms with Crippen LogP contribution in [0.3, 0.4) is 0 Å². The van der Waals surface area contributed by atoms with Crippen molar-refractivity contribution in [1.29, 1.82) is 0 Å². The van der Waals surface area contributed by atoms with Crippen molar-refractivity contribution in [2.75, 3.05) is 13.1 Å². The van der Waals surface area contributed by atoms with E-state index in [1.54, 1.807) is 0 Å². The van der Waals surface area contributed by atoms with E-state index >= 15 is 0 Å². The van der Waals surface area contributed by atoms with Gasteiger partial charge in [0.1, 0.15) is 0 Å². The Balaban J connectivity index is 0.00000208. The Morgan fingerprint density at radius 2 is 1.29 bits per heavy atom. The van der Waals surface area contributed by atoms with Crippen molar-refractivity contribution >= 4 is 12.4 Å². The number of rotatable bonds is 4. The lowest BCUT2D eigenvalue weighted by Gasteiger charge is -2.54. The van der Waals surface area contributed by atoms with Gasteiger partial charge < -0.3 is 5.32 Å². The minimum absolute atomic E-state index is 0. The van der Waals surface area contributed by atoms with E-state index in [-0.39, 0.29) is 23.5 Å². The molecule has 0 aromatic heterocycles. The van der Waals surface area contributed by atoms with Gasteiger partial charge in [-0.25, -0.2) is 0 Å². The second-order valence-corrected chi connectivity index (χ2v) is 8.06. The second kappa shape index (κ2) is 7.26. The highest BCUT2D eigenvalue weighted by Gasteiger charge is 2.44. The highest BCUT2D eigenvalue weighted by atomic mass is 35.5. The van der Waals surface area contributed by atoms with Gasteiger partial charge in [-0.2, -0.15) is 0 Å². The molecule has 1 fully saturated rings. The molecule has 2 aromatic carbocycles. The van der Waals surface area contributed by atoms with Gasteiger partial charge in [0, 0.05) is 24.2 Å². The topological polar surface area (TPSA) is 15.3 Å². The van der Waals surface area contributed by atoms with Gasteiger partial charge in [0.2, 0.25) is 0 Å². The first-order chi connectivity index (χ1) is 10.9. The van der Waals surface area contributed by atoms with E-state index in [0.717, 1.165) is 13.1 Å². The first-order valence-corrected chi connectivity index (χ1v) is 8.50. The Morgan fingerprint density at radius 3 is 1.67 bits per heavy atom. The van der Waals surface area contributed by atoms with Gasteiger partial charge in [-0.3, -0.25) is 4.90 Å². The van der Waals surface area contributed by atoms with Crippen molar-refractivity contribution in [3.63, 3.8) is 0 Å². The summed E-state index contributed by atoms with van der Waals surface area (Å²) in [7, 11) is 0. The standard InChI is InChI=1S/C21H28N2.ClH/c1-20(2,3)22-21(4)15-23(16-21)19(17-11-7-5-8-12-17)18-13-9-6-10-14-18;/h5-14,19,22H,15-16H2,1-4H3;1H. The van der Waals surface area contributed by atoms with E-state index in [0.29, 0.717) is 6.04 Å². The zero-order valence-electron chi connectivity index (χ0n) is 15.1. The third-order valence-electron chi connectivity index (χ3n) is 4.38. The first kappa shape index (κ1) is 19.0. The molecule has 0 saturated carbocycles. The monoisotopic (exact) mass is 344 g/mol. The summed E-state index contributed by atoms with van der Waals surface area (Å²) in [5.74, 6) is 0. The molecular formula is C21H29ClN2. The summed E-state index contributed by atoms with van der Waals surface area (Å²) in [6.07, 6.45) is 0. The van der Waals surface area contributed by atoms with Crippen molar-refractivity contribution in [2.24, 2.45) is 0 Å². The molecule has 0 radical (unpaired) electrons. The summed E-state index contributed by atoms with van der Waals surface area (Å²) < 4.78 is 0. The Kier molecular flexibility index (Phi) is 5.74. The van der Waals surface area contributed by atoms with Gasteiger partial charge in [0.25, 0.3) is 0 Å². The third-order valence-corrected chi connectivity index (χ3v) is 4.38. The van der Waals surface area contributed by atoms with Crippen molar-refractivity contribution < 1.29 is 0 Å². The van der Waals surface area contributed by atoms with Crippen LogP contribution in [0.15, 0.2) is 60.7 Å². The van der Waals surface area contributed by atoms with E-state index in [1.165, 1.54) is 11.1 Å². The van der Waals surface area contributed by atoms with Crippen LogP contribution < -0.4 is 5.32 Å². The molecule has 2 aromatic rings. The average Bonchev–Trinajstić information content (AvgIpc) is 2.46. The number of nitrogens with one attached hydrogen (secondary N) is 1. The van der Waals surface area contributed by atoms with Crippen molar-refractivity contribution in [3.8, 4) is 0 Å². The fraction of sp³-hybridized carbons (Fsp3) is 0.429. The Morgan fingerprint density at radius 1 is 0.875 bits per heavy atom. The van der Waals surface area contributed by atoms with Gasteiger partial charge in [-0.1, -0.05) is 60.7 Å². The predicted molar refractivity (Wildman–Crippen MR) is 105 cm³/mol. The van der Waals surface area contributed by atoms with E-state index in [2.05, 4.69) is 98.6 Å². The molecule has 2 nitrogen and oxygen atoms in total. The number of benzene rings is 2. The average molecular weight is 345 g/mol. The molecule has 0 spiro atoms. The van der Waals surface area contributed by atoms with Gasteiger partial charge in [-0.15, -0.1) is 12.4 Å². The van der Waals surface area contributed by atoms with Gasteiger partial charge in [0.05, 0.1) is 6.04 Å². The molecule has 3 rings (SSSR count). The summed E-state index contributed by atoms with van der Waals surface area (Å²) in [6, 6.07) is 22.0. The molecule has 0 amide bonds. The minimum Gasteiger partial charge on any atom is -0.304 e. The maximum atomic E-state index is 3.78. The quantitative estimate of drug-likeness (QED) is 0.867. The summed E-state index contributed by atoms with van der Waals surface area (Å²) in [5.41, 5.74) is 3.09. The van der Waals surface area contributed by atoms with Crippen LogP contribution in [0.2, 0.25) is 0 Å². The summed E-state index contributed by atoms with van der Waals surface area (Å²) in [6.45, 7) is 11.2. The Hall–Kier alpha value is -1.35. The highest BCUT2D eigenvalue weighted by Crippen LogP contribution is 2.36. The zero-order valence-corrected chi connectivity index (χ0v) is 15.9. The van der Waals surface area contributed by atoms with Crippen molar-refractivity contribution in [2.45, 2.75) is 44.8 Å². The molecule has 1 heterocycles. The number of hydrogen-bond acceptors (Lipinski definition) is 2. The maximum Gasteiger partial charge on any atom is 0.0603 e. The Bertz CT molecular complexity index is 588. The summed E-state index contributed by atoms with van der Waals surface area (Å²) in [5, 5.41) is 3.78. The van der Waals surface area contributed by atoms with Gasteiger partial charge in [-0.05, 0) is 38.8 Å². The number of likely N-dealkylation sites (tertiary alicyclic amines) is 1. The summed E-state index contributed by atoms with van der Waals surface area (Å²) >= 11 is 0. The van der Waals surface area contributed by atoms with Crippen LogP contribution in [-0.2, 0) is 0 Å². The lowest BCUT2D eigenvalue weighted by Crippen LogP contribution is -2.71. The molecule has 3 heteroatoms. The second-order valence-electron chi connectivity index (χ2n) is 8.06. The number of halogens is 1. The molecular weight excluding hydrogens is 316 g/mol. The first-order valence-electron chi connectivity index (χ1n) is 8.50. The van der Waals surface area contributed by atoms with Crippen molar-refractivity contribution in [3.05, 3.63) is 71.8 Å². The molecule has 0 atom stereocenters. The van der Waals surface area contributed by atoms with Crippen LogP contribution >= 0.6 is 12.4 Å². The SMILES string of the molecule is CC(C)(C)NC1(C)CN(C(c2ccccc2)c2ccccc2)C1.Cl. The molecule has 130 valence electrons. The number of hydrogen-bond donors (Lipinski definition) is 1. The largest absolute Gasteiger partial charge is 0.304 e. The molecule has 0 bridgehead atoms. The molecule has 24 heavy (non-hydrogen) atoms. The van der Waals surface area contributed by atoms with E-state index in [9.17, 15) is 0 Å². The van der Waals surface area contributed by atoms with Crippen LogP contribution in [0, 0.1) is 0 Å². The fourth-order valence-electron chi connectivity index (χ4n) is 3.90. The van der Waals surface area contributed by atoms with Crippen LogP contribution in [0.4, 0.5) is 0 Å². The molecule has 1 N–H and O–H groups in total. The van der Waals surface area contributed by atoms with Crippen LogP contribution in [0.25, 0.3) is 0 Å². The van der Waals surface area contributed by atoms with Gasteiger partial charge in [0.15, 0.2) is 0 Å². The van der Waals surface area contributed by atoms with E-state index in [4.69, 9.17) is 0 Å². The van der Waals surface area contributed by atoms with E-state index < -0.39 is 0 Å². The normalized spacial score (nSPS) is 17.2. The molecule has 0 aliphatic carbocycles. The van der Waals surface area contributed by atoms with E-state index in [1.807, 2.05) is 0 Å². The summed E-state index contributed by atoms with van der Waals surface area (Å²) in [4.78, 5) is 2.57. The molecule has 1 aliphatic rings. The van der Waals surface area contributed by atoms with Crippen molar-refractivity contribution in [1.82, 2.24) is 10.2 Å². The molecule has 1 saturated heterocycles. The minimum atomic E-state index is 0. The molecule has 0 unspecified atom stereocenters. The number of nitrogens with zero attached hydrogens (tertiary/aromatic N) is 1. The third kappa shape index (κ3) is 4.38. The Labute approximate surface area is 152 Å². The lowest BCUT2D eigenvalue weighted by molar-refractivity contribution is 0.0131. The van der Waals surface area contributed by atoms with Crippen LogP contribution in [0.5, 0.6) is 0 Å². The van der Waals surface area contributed by atoms with Crippen LogP contribution in [0.1, 0.15) is 44.9 Å². The van der Waals surface area contributed by atoms with Crippen LogP contribution in [-0.4, -0.2) is 29.1 Å². The maximum absolute atomic E-state index is 3.78. The fourth-order valence-corrected chi connectivity index (χ4v) is 3.90. The van der Waals surface area contributed by atoms with Gasteiger partial charge >= 0.3 is 0 Å². The lowest BCUT2D eigenvalue weighted by atomic mass is 9.84. The zero-order chi connectivity index (χ0) is 16.5. The highest BCUT2D eigenvalue weighted by molar-refractivity contribution is 5.85. The smallest absolute Gasteiger partial charge is 0.0603 e.